The largest absolute Gasteiger partial charge is 0.367 e. The number of primary amides is 1. The summed E-state index contributed by atoms with van der Waals surface area (Å²) in [6, 6.07) is 0.733. The highest BCUT2D eigenvalue weighted by molar-refractivity contribution is 5.97. The first-order valence-corrected chi connectivity index (χ1v) is 8.64. The molecular formula is C16H22N8O. The van der Waals surface area contributed by atoms with Crippen LogP contribution >= 0.6 is 0 Å². The van der Waals surface area contributed by atoms with Gasteiger partial charge in [-0.2, -0.15) is 10.1 Å². The average molecular weight is 342 g/mol. The Morgan fingerprint density at radius 3 is 2.92 bits per heavy atom. The molecule has 9 heteroatoms. The van der Waals surface area contributed by atoms with Crippen molar-refractivity contribution in [3.63, 3.8) is 0 Å². The fourth-order valence-electron chi connectivity index (χ4n) is 2.94. The number of piperidine rings is 1. The standard InChI is InChI=1S/C16H22N8O/c17-14(25)13-8-19-16(23-15(13)21-10-3-4-10)22-11-6-20-24(9-11)12-2-1-5-18-7-12/h6,8-10,12,18H,1-5,7H2,(H2,17,25)(H2,19,21,22,23)/t12-/m0/s1. The van der Waals surface area contributed by atoms with Gasteiger partial charge in [0, 0.05) is 25.0 Å². The Morgan fingerprint density at radius 2 is 2.20 bits per heavy atom. The highest BCUT2D eigenvalue weighted by atomic mass is 16.1. The first-order valence-electron chi connectivity index (χ1n) is 8.64. The number of nitrogens with one attached hydrogen (secondary N) is 3. The monoisotopic (exact) mass is 342 g/mol. The minimum absolute atomic E-state index is 0.307. The lowest BCUT2D eigenvalue weighted by molar-refractivity contribution is 0.100. The van der Waals surface area contributed by atoms with Crippen molar-refractivity contribution in [3.05, 3.63) is 24.2 Å². The van der Waals surface area contributed by atoms with E-state index in [9.17, 15) is 4.79 Å². The van der Waals surface area contributed by atoms with Gasteiger partial charge in [-0.05, 0) is 32.2 Å². The molecule has 1 saturated heterocycles. The van der Waals surface area contributed by atoms with Gasteiger partial charge < -0.3 is 21.7 Å². The van der Waals surface area contributed by atoms with Crippen LogP contribution in [0.2, 0.25) is 0 Å². The molecule has 132 valence electrons. The lowest BCUT2D eigenvalue weighted by atomic mass is 10.1. The van der Waals surface area contributed by atoms with E-state index < -0.39 is 5.91 Å². The van der Waals surface area contributed by atoms with E-state index in [1.54, 1.807) is 6.20 Å². The van der Waals surface area contributed by atoms with Gasteiger partial charge in [0.05, 0.1) is 23.5 Å². The van der Waals surface area contributed by atoms with Crippen molar-refractivity contribution in [2.24, 2.45) is 5.73 Å². The molecule has 2 aromatic heterocycles. The van der Waals surface area contributed by atoms with Gasteiger partial charge in [0.1, 0.15) is 5.82 Å². The maximum Gasteiger partial charge on any atom is 0.254 e. The summed E-state index contributed by atoms with van der Waals surface area (Å²) in [5.41, 5.74) is 6.52. The molecule has 4 rings (SSSR count). The van der Waals surface area contributed by atoms with Crippen LogP contribution in [0.3, 0.4) is 0 Å². The topological polar surface area (TPSA) is 123 Å². The first kappa shape index (κ1) is 15.8. The molecule has 2 fully saturated rings. The third-order valence-electron chi connectivity index (χ3n) is 4.48. The van der Waals surface area contributed by atoms with Gasteiger partial charge >= 0.3 is 0 Å². The van der Waals surface area contributed by atoms with Crippen molar-refractivity contribution in [1.29, 1.82) is 0 Å². The number of rotatable bonds is 6. The van der Waals surface area contributed by atoms with Gasteiger partial charge in [-0.25, -0.2) is 4.98 Å². The molecular weight excluding hydrogens is 320 g/mol. The molecule has 25 heavy (non-hydrogen) atoms. The zero-order valence-corrected chi connectivity index (χ0v) is 13.9. The normalized spacial score (nSPS) is 20.2. The summed E-state index contributed by atoms with van der Waals surface area (Å²) in [7, 11) is 0. The number of carbonyl (C=O) groups excluding carboxylic acids is 1. The van der Waals surface area contributed by atoms with E-state index >= 15 is 0 Å². The van der Waals surface area contributed by atoms with Crippen LogP contribution < -0.4 is 21.7 Å². The second kappa shape index (κ2) is 6.67. The summed E-state index contributed by atoms with van der Waals surface area (Å²) >= 11 is 0. The maximum atomic E-state index is 11.5. The van der Waals surface area contributed by atoms with Crippen molar-refractivity contribution in [2.75, 3.05) is 23.7 Å². The second-order valence-corrected chi connectivity index (χ2v) is 6.57. The third-order valence-corrected chi connectivity index (χ3v) is 4.48. The second-order valence-electron chi connectivity index (χ2n) is 6.57. The van der Waals surface area contributed by atoms with Gasteiger partial charge in [-0.15, -0.1) is 0 Å². The summed E-state index contributed by atoms with van der Waals surface area (Å²) < 4.78 is 1.97. The number of aromatic nitrogens is 4. The Balaban J connectivity index is 1.50. The van der Waals surface area contributed by atoms with Crippen LogP contribution in [0, 0.1) is 0 Å². The first-order chi connectivity index (χ1) is 12.2. The molecule has 1 saturated carbocycles. The van der Waals surface area contributed by atoms with Crippen LogP contribution in [-0.2, 0) is 0 Å². The lowest BCUT2D eigenvalue weighted by Gasteiger charge is -2.22. The van der Waals surface area contributed by atoms with Crippen LogP contribution in [0.4, 0.5) is 17.5 Å². The van der Waals surface area contributed by atoms with E-state index in [4.69, 9.17) is 5.73 Å². The van der Waals surface area contributed by atoms with Crippen LogP contribution in [-0.4, -0.2) is 44.8 Å². The third kappa shape index (κ3) is 3.71. The van der Waals surface area contributed by atoms with Gasteiger partial charge in [0.25, 0.3) is 5.91 Å². The van der Waals surface area contributed by atoms with E-state index in [1.165, 1.54) is 6.20 Å². The molecule has 5 N–H and O–H groups in total. The van der Waals surface area contributed by atoms with Crippen LogP contribution in [0.25, 0.3) is 0 Å². The van der Waals surface area contributed by atoms with E-state index in [2.05, 4.69) is 31.0 Å². The minimum atomic E-state index is -0.535. The van der Waals surface area contributed by atoms with Crippen LogP contribution in [0.5, 0.6) is 0 Å². The van der Waals surface area contributed by atoms with E-state index in [0.717, 1.165) is 44.5 Å². The van der Waals surface area contributed by atoms with E-state index in [1.807, 2.05) is 10.9 Å². The Hall–Kier alpha value is -2.68. The van der Waals surface area contributed by atoms with Crippen molar-refractivity contribution in [3.8, 4) is 0 Å². The summed E-state index contributed by atoms with van der Waals surface area (Å²) in [6.45, 7) is 2.00. The van der Waals surface area contributed by atoms with Crippen molar-refractivity contribution >= 4 is 23.4 Å². The Morgan fingerprint density at radius 1 is 1.32 bits per heavy atom. The smallest absolute Gasteiger partial charge is 0.254 e. The summed E-state index contributed by atoms with van der Waals surface area (Å²) in [5.74, 6) is 0.359. The zero-order valence-electron chi connectivity index (χ0n) is 13.9. The van der Waals surface area contributed by atoms with Crippen LogP contribution in [0.15, 0.2) is 18.6 Å². The molecule has 0 aromatic carbocycles. The molecule has 1 atom stereocenters. The van der Waals surface area contributed by atoms with Gasteiger partial charge in [0.15, 0.2) is 0 Å². The number of hydrogen-bond acceptors (Lipinski definition) is 7. The van der Waals surface area contributed by atoms with Crippen molar-refractivity contribution in [1.82, 2.24) is 25.1 Å². The zero-order chi connectivity index (χ0) is 17.2. The number of nitrogens with two attached hydrogens (primary N) is 1. The molecule has 3 heterocycles. The van der Waals surface area contributed by atoms with Gasteiger partial charge in [0.2, 0.25) is 5.95 Å². The molecule has 0 unspecified atom stereocenters. The van der Waals surface area contributed by atoms with Crippen LogP contribution in [0.1, 0.15) is 42.1 Å². The Bertz CT molecular complexity index is 763. The Labute approximate surface area is 145 Å². The summed E-state index contributed by atoms with van der Waals surface area (Å²) in [4.78, 5) is 20.1. The minimum Gasteiger partial charge on any atom is -0.367 e. The quantitative estimate of drug-likeness (QED) is 0.618. The van der Waals surface area contributed by atoms with Gasteiger partial charge in [-0.3, -0.25) is 9.48 Å². The summed E-state index contributed by atoms with van der Waals surface area (Å²) in [5, 5.41) is 14.2. The lowest BCUT2D eigenvalue weighted by Crippen LogP contribution is -2.31. The molecule has 1 amide bonds. The van der Waals surface area contributed by atoms with Gasteiger partial charge in [-0.1, -0.05) is 0 Å². The molecule has 0 bridgehead atoms. The highest BCUT2D eigenvalue weighted by Crippen LogP contribution is 2.26. The number of anilines is 3. The average Bonchev–Trinajstić information content (AvgIpc) is 3.31. The maximum absolute atomic E-state index is 11.5. The number of carbonyl (C=O) groups is 1. The predicted octanol–water partition coefficient (Wildman–Crippen LogP) is 1.01. The Kier molecular flexibility index (Phi) is 4.22. The fourth-order valence-corrected chi connectivity index (χ4v) is 2.94. The van der Waals surface area contributed by atoms with E-state index in [0.29, 0.717) is 29.4 Å². The van der Waals surface area contributed by atoms with Crippen molar-refractivity contribution in [2.45, 2.75) is 37.8 Å². The molecule has 2 aliphatic rings. The molecule has 1 aliphatic carbocycles. The number of hydrogen-bond donors (Lipinski definition) is 4. The molecule has 2 aromatic rings. The SMILES string of the molecule is NC(=O)c1cnc(Nc2cnn([C@H]3CCCNC3)c2)nc1NC1CC1. The molecule has 1 aliphatic heterocycles. The molecule has 0 spiro atoms. The fraction of sp³-hybridized carbons (Fsp3) is 0.500. The predicted molar refractivity (Wildman–Crippen MR) is 93.8 cm³/mol. The number of nitrogens with zero attached hydrogens (tertiary/aromatic N) is 4. The highest BCUT2D eigenvalue weighted by Gasteiger charge is 2.24. The molecule has 9 nitrogen and oxygen atoms in total. The molecule has 0 radical (unpaired) electrons. The summed E-state index contributed by atoms with van der Waals surface area (Å²) in [6.07, 6.45) is 9.59. The van der Waals surface area contributed by atoms with E-state index in [-0.39, 0.29) is 0 Å². The number of amides is 1. The van der Waals surface area contributed by atoms with Crippen molar-refractivity contribution < 1.29 is 4.79 Å².